The second-order valence-corrected chi connectivity index (χ2v) is 9.97. The summed E-state index contributed by atoms with van der Waals surface area (Å²) < 4.78 is 78.2. The zero-order chi connectivity index (χ0) is 25.1. The van der Waals surface area contributed by atoms with Gasteiger partial charge in [-0.2, -0.15) is 13.2 Å². The van der Waals surface area contributed by atoms with E-state index >= 15 is 0 Å². The van der Waals surface area contributed by atoms with Crippen LogP contribution in [-0.4, -0.2) is 38.8 Å². The lowest BCUT2D eigenvalue weighted by Crippen LogP contribution is -2.35. The molecule has 2 aromatic rings. The highest BCUT2D eigenvalue weighted by Gasteiger charge is 2.34. The average Bonchev–Trinajstić information content (AvgIpc) is 2.73. The molecule has 2 amide bonds. The summed E-state index contributed by atoms with van der Waals surface area (Å²) in [6.07, 6.45) is -2.08. The van der Waals surface area contributed by atoms with Gasteiger partial charge in [-0.25, -0.2) is 22.6 Å². The number of carbonyl (C=O) groups excluding carboxylic acids is 1. The number of anilines is 3. The highest BCUT2D eigenvalue weighted by molar-refractivity contribution is 7.92. The zero-order valence-electron chi connectivity index (χ0n) is 18.5. The van der Waals surface area contributed by atoms with Gasteiger partial charge >= 0.3 is 12.2 Å². The van der Waals surface area contributed by atoms with Gasteiger partial charge in [0.25, 0.3) is 0 Å². The standard InChI is InChI=1S/C21H25F4N5O3S/c1-13-7-9-30(10-8-13)19-14(3-6-18(28-19)21(23,24)25)12-26-20(31)27-15-4-5-17(16(22)11-15)29-34(2,32)33/h3-6,11,13,29H,7-10,12H2,1-2H3,(H2,26,27,31). The third-order valence-electron chi connectivity index (χ3n) is 5.29. The summed E-state index contributed by atoms with van der Waals surface area (Å²) in [5.74, 6) is -0.255. The van der Waals surface area contributed by atoms with E-state index in [-0.39, 0.29) is 23.7 Å². The monoisotopic (exact) mass is 503 g/mol. The molecule has 0 spiro atoms. The van der Waals surface area contributed by atoms with Crippen molar-refractivity contribution in [2.24, 2.45) is 5.92 Å². The second kappa shape index (κ2) is 10.0. The van der Waals surface area contributed by atoms with Crippen molar-refractivity contribution in [3.63, 3.8) is 0 Å². The lowest BCUT2D eigenvalue weighted by atomic mass is 9.99. The normalized spacial score (nSPS) is 15.2. The summed E-state index contributed by atoms with van der Waals surface area (Å²) in [4.78, 5) is 17.9. The highest BCUT2D eigenvalue weighted by atomic mass is 32.2. The van der Waals surface area contributed by atoms with Gasteiger partial charge in [0.1, 0.15) is 17.3 Å². The van der Waals surface area contributed by atoms with E-state index in [0.717, 1.165) is 37.3 Å². The fourth-order valence-corrected chi connectivity index (χ4v) is 4.06. The number of carbonyl (C=O) groups is 1. The van der Waals surface area contributed by atoms with E-state index in [0.29, 0.717) is 24.6 Å². The van der Waals surface area contributed by atoms with Crippen molar-refractivity contribution in [2.45, 2.75) is 32.5 Å². The lowest BCUT2D eigenvalue weighted by molar-refractivity contribution is -0.141. The molecule has 3 rings (SSSR count). The number of piperidine rings is 1. The van der Waals surface area contributed by atoms with Gasteiger partial charge in [0, 0.05) is 30.9 Å². The SMILES string of the molecule is CC1CCN(c2nc(C(F)(F)F)ccc2CNC(=O)Nc2ccc(NS(C)(=O)=O)c(F)c2)CC1. The number of nitrogens with one attached hydrogen (secondary N) is 3. The number of halogens is 4. The molecule has 0 atom stereocenters. The number of hydrogen-bond acceptors (Lipinski definition) is 5. The van der Waals surface area contributed by atoms with Crippen LogP contribution >= 0.6 is 0 Å². The molecular weight excluding hydrogens is 478 g/mol. The molecule has 1 saturated heterocycles. The molecule has 0 aliphatic carbocycles. The van der Waals surface area contributed by atoms with Crippen LogP contribution in [0.5, 0.6) is 0 Å². The second-order valence-electron chi connectivity index (χ2n) is 8.22. The van der Waals surface area contributed by atoms with Crippen molar-refractivity contribution in [3.05, 3.63) is 47.4 Å². The molecule has 1 fully saturated rings. The molecule has 0 unspecified atom stereocenters. The molecule has 34 heavy (non-hydrogen) atoms. The Morgan fingerprint density at radius 3 is 2.44 bits per heavy atom. The van der Waals surface area contributed by atoms with E-state index in [2.05, 4.69) is 22.5 Å². The Labute approximate surface area is 194 Å². The summed E-state index contributed by atoms with van der Waals surface area (Å²) in [6.45, 7) is 3.09. The minimum Gasteiger partial charge on any atom is -0.356 e. The number of hydrogen-bond donors (Lipinski definition) is 3. The minimum atomic E-state index is -4.59. The van der Waals surface area contributed by atoms with Crippen molar-refractivity contribution >= 4 is 33.2 Å². The quantitative estimate of drug-likeness (QED) is 0.514. The van der Waals surface area contributed by atoms with Crippen LogP contribution in [0.15, 0.2) is 30.3 Å². The number of nitrogens with zero attached hydrogens (tertiary/aromatic N) is 2. The van der Waals surface area contributed by atoms with Crippen molar-refractivity contribution in [2.75, 3.05) is 34.3 Å². The number of alkyl halides is 3. The van der Waals surface area contributed by atoms with Crippen molar-refractivity contribution in [1.82, 2.24) is 10.3 Å². The van der Waals surface area contributed by atoms with Gasteiger partial charge < -0.3 is 15.5 Å². The molecule has 1 aromatic carbocycles. The van der Waals surface area contributed by atoms with Crippen LogP contribution in [0.1, 0.15) is 31.0 Å². The Morgan fingerprint density at radius 1 is 1.18 bits per heavy atom. The number of pyridine rings is 1. The maximum absolute atomic E-state index is 14.1. The van der Waals surface area contributed by atoms with E-state index in [1.807, 2.05) is 4.72 Å². The van der Waals surface area contributed by atoms with Crippen molar-refractivity contribution in [1.29, 1.82) is 0 Å². The Hall–Kier alpha value is -3.09. The fourth-order valence-electron chi connectivity index (χ4n) is 3.49. The number of rotatable bonds is 6. The van der Waals surface area contributed by atoms with Crippen LogP contribution in [-0.2, 0) is 22.7 Å². The van der Waals surface area contributed by atoms with E-state index in [4.69, 9.17) is 0 Å². The van der Waals surface area contributed by atoms with E-state index < -0.39 is 33.7 Å². The molecule has 8 nitrogen and oxygen atoms in total. The molecule has 186 valence electrons. The average molecular weight is 504 g/mol. The first-order valence-electron chi connectivity index (χ1n) is 10.5. The third-order valence-corrected chi connectivity index (χ3v) is 5.88. The Kier molecular flexibility index (Phi) is 7.54. The van der Waals surface area contributed by atoms with E-state index in [1.54, 1.807) is 4.90 Å². The topological polar surface area (TPSA) is 103 Å². The number of benzene rings is 1. The largest absolute Gasteiger partial charge is 0.433 e. The zero-order valence-corrected chi connectivity index (χ0v) is 19.4. The molecule has 0 bridgehead atoms. The van der Waals surface area contributed by atoms with Crippen LogP contribution in [0, 0.1) is 11.7 Å². The highest BCUT2D eigenvalue weighted by Crippen LogP contribution is 2.32. The van der Waals surface area contributed by atoms with Crippen LogP contribution in [0.3, 0.4) is 0 Å². The molecule has 0 radical (unpaired) electrons. The smallest absolute Gasteiger partial charge is 0.356 e. The third kappa shape index (κ3) is 6.95. The van der Waals surface area contributed by atoms with Crippen LogP contribution in [0.2, 0.25) is 0 Å². The van der Waals surface area contributed by atoms with Crippen LogP contribution in [0.25, 0.3) is 0 Å². The maximum atomic E-state index is 14.1. The number of sulfonamides is 1. The molecule has 1 aromatic heterocycles. The molecule has 13 heteroatoms. The molecule has 1 aliphatic rings. The van der Waals surface area contributed by atoms with Gasteiger partial charge in [0.05, 0.1) is 11.9 Å². The summed E-state index contributed by atoms with van der Waals surface area (Å²) in [5.41, 5.74) is -0.807. The van der Waals surface area contributed by atoms with Gasteiger partial charge in [-0.05, 0) is 43.0 Å². The first-order chi connectivity index (χ1) is 15.8. The van der Waals surface area contributed by atoms with Gasteiger partial charge in [-0.15, -0.1) is 0 Å². The summed E-state index contributed by atoms with van der Waals surface area (Å²) in [6, 6.07) is 4.83. The van der Waals surface area contributed by atoms with E-state index in [9.17, 15) is 30.8 Å². The number of amides is 2. The Bertz CT molecular complexity index is 1150. The van der Waals surface area contributed by atoms with Crippen LogP contribution in [0.4, 0.5) is 39.5 Å². The first kappa shape index (κ1) is 25.5. The van der Waals surface area contributed by atoms with Crippen molar-refractivity contribution < 1.29 is 30.8 Å². The first-order valence-corrected chi connectivity index (χ1v) is 12.4. The fraction of sp³-hybridized carbons (Fsp3) is 0.429. The number of urea groups is 1. The molecule has 2 heterocycles. The van der Waals surface area contributed by atoms with Gasteiger partial charge in [0.2, 0.25) is 10.0 Å². The Morgan fingerprint density at radius 2 is 1.85 bits per heavy atom. The summed E-state index contributed by atoms with van der Waals surface area (Å²) in [5, 5.41) is 4.94. The summed E-state index contributed by atoms with van der Waals surface area (Å²) in [7, 11) is -3.67. The Balaban J connectivity index is 1.70. The predicted molar refractivity (Wildman–Crippen MR) is 121 cm³/mol. The lowest BCUT2D eigenvalue weighted by Gasteiger charge is -2.33. The predicted octanol–water partition coefficient (Wildman–Crippen LogP) is 4.17. The molecule has 1 aliphatic heterocycles. The minimum absolute atomic E-state index is 0.0600. The summed E-state index contributed by atoms with van der Waals surface area (Å²) >= 11 is 0. The molecule has 0 saturated carbocycles. The van der Waals surface area contributed by atoms with E-state index in [1.165, 1.54) is 12.1 Å². The van der Waals surface area contributed by atoms with Crippen LogP contribution < -0.4 is 20.3 Å². The maximum Gasteiger partial charge on any atom is 0.433 e. The molecular formula is C21H25F4N5O3S. The van der Waals surface area contributed by atoms with Gasteiger partial charge in [-0.1, -0.05) is 13.0 Å². The van der Waals surface area contributed by atoms with Gasteiger partial charge in [0.15, 0.2) is 0 Å². The number of aromatic nitrogens is 1. The molecule has 3 N–H and O–H groups in total. The van der Waals surface area contributed by atoms with Crippen molar-refractivity contribution in [3.8, 4) is 0 Å². The van der Waals surface area contributed by atoms with Gasteiger partial charge in [-0.3, -0.25) is 4.72 Å².